The summed E-state index contributed by atoms with van der Waals surface area (Å²) in [4.78, 5) is 26.8. The van der Waals surface area contributed by atoms with E-state index in [9.17, 15) is 9.59 Å². The Morgan fingerprint density at radius 3 is 2.62 bits per heavy atom. The molecule has 1 fully saturated rings. The smallest absolute Gasteiger partial charge is 0.242 e. The van der Waals surface area contributed by atoms with Gasteiger partial charge in [-0.2, -0.15) is 0 Å². The van der Waals surface area contributed by atoms with Crippen molar-refractivity contribution in [1.29, 1.82) is 0 Å². The number of nitrogens with two attached hydrogens (primary N) is 1. The molecule has 0 bridgehead atoms. The molecule has 0 spiro atoms. The highest BCUT2D eigenvalue weighted by molar-refractivity contribution is 5.88. The number of rotatable bonds is 6. The molecule has 2 amide bonds. The number of benzene rings is 1. The number of nitrogens with one attached hydrogen (secondary N) is 1. The first-order valence-corrected chi connectivity index (χ1v) is 8.91. The average Bonchev–Trinajstić information content (AvgIpc) is 3.32. The fourth-order valence-corrected chi connectivity index (χ4v) is 3.48. The summed E-state index contributed by atoms with van der Waals surface area (Å²) in [6.07, 6.45) is 4.11. The van der Waals surface area contributed by atoms with E-state index in [0.29, 0.717) is 6.04 Å². The van der Waals surface area contributed by atoms with Gasteiger partial charge in [0.2, 0.25) is 11.8 Å². The minimum atomic E-state index is -0.570. The standard InChI is InChI=1S/C19H27N3O2/c1-12(2)18(20)19(24)21-11-17(23)22(14-8-9-14)16-10-7-13-5-3-4-6-15(13)16/h3-6,12,14,16,18H,7-11,20H2,1-2H3,(H,21,24)/t16?,18-/m0/s1. The fourth-order valence-electron chi connectivity index (χ4n) is 3.48. The molecule has 1 aromatic rings. The highest BCUT2D eigenvalue weighted by Crippen LogP contribution is 2.41. The van der Waals surface area contributed by atoms with Crippen molar-refractivity contribution in [3.8, 4) is 0 Å². The number of hydrogen-bond acceptors (Lipinski definition) is 3. The molecule has 3 N–H and O–H groups in total. The lowest BCUT2D eigenvalue weighted by molar-refractivity contribution is -0.136. The number of nitrogens with zero attached hydrogens (tertiary/aromatic N) is 1. The maximum absolute atomic E-state index is 12.8. The van der Waals surface area contributed by atoms with Crippen molar-refractivity contribution in [3.63, 3.8) is 0 Å². The molecule has 130 valence electrons. The maximum atomic E-state index is 12.8. The van der Waals surface area contributed by atoms with E-state index in [1.165, 1.54) is 11.1 Å². The Kier molecular flexibility index (Phi) is 4.90. The molecule has 24 heavy (non-hydrogen) atoms. The monoisotopic (exact) mass is 329 g/mol. The topological polar surface area (TPSA) is 75.4 Å². The van der Waals surface area contributed by atoms with Crippen LogP contribution in [0.25, 0.3) is 0 Å². The first-order valence-electron chi connectivity index (χ1n) is 8.91. The molecule has 1 saturated carbocycles. The summed E-state index contributed by atoms with van der Waals surface area (Å²) in [5.74, 6) is -0.189. The number of fused-ring (bicyclic) bond motifs is 1. The van der Waals surface area contributed by atoms with E-state index >= 15 is 0 Å². The molecule has 0 radical (unpaired) electrons. The molecule has 5 heteroatoms. The number of hydrogen-bond donors (Lipinski definition) is 2. The highest BCUT2D eigenvalue weighted by atomic mass is 16.2. The van der Waals surface area contributed by atoms with Crippen molar-refractivity contribution in [2.75, 3.05) is 6.54 Å². The third-order valence-electron chi connectivity index (χ3n) is 5.10. The lowest BCUT2D eigenvalue weighted by Crippen LogP contribution is -2.48. The minimum absolute atomic E-state index is 0.00325. The molecular formula is C19H27N3O2. The highest BCUT2D eigenvalue weighted by Gasteiger charge is 2.40. The van der Waals surface area contributed by atoms with Crippen LogP contribution in [0.5, 0.6) is 0 Å². The number of aryl methyl sites for hydroxylation is 1. The van der Waals surface area contributed by atoms with Crippen molar-refractivity contribution >= 4 is 11.8 Å². The Morgan fingerprint density at radius 2 is 1.96 bits per heavy atom. The van der Waals surface area contributed by atoms with E-state index in [1.54, 1.807) is 0 Å². The van der Waals surface area contributed by atoms with Crippen LogP contribution in [0.2, 0.25) is 0 Å². The van der Waals surface area contributed by atoms with Crippen LogP contribution in [-0.4, -0.2) is 35.3 Å². The molecule has 2 aliphatic carbocycles. The van der Waals surface area contributed by atoms with Gasteiger partial charge in [-0.15, -0.1) is 0 Å². The van der Waals surface area contributed by atoms with Crippen LogP contribution >= 0.6 is 0 Å². The molecule has 2 atom stereocenters. The maximum Gasteiger partial charge on any atom is 0.242 e. The van der Waals surface area contributed by atoms with Crippen LogP contribution in [0.3, 0.4) is 0 Å². The van der Waals surface area contributed by atoms with E-state index < -0.39 is 6.04 Å². The van der Waals surface area contributed by atoms with E-state index in [1.807, 2.05) is 24.8 Å². The van der Waals surface area contributed by atoms with Gasteiger partial charge in [-0.1, -0.05) is 38.1 Å². The van der Waals surface area contributed by atoms with Gasteiger partial charge in [0.1, 0.15) is 0 Å². The van der Waals surface area contributed by atoms with Crippen molar-refractivity contribution in [1.82, 2.24) is 10.2 Å². The Labute approximate surface area is 143 Å². The second kappa shape index (κ2) is 6.93. The van der Waals surface area contributed by atoms with Crippen LogP contribution in [0.1, 0.15) is 50.3 Å². The summed E-state index contributed by atoms with van der Waals surface area (Å²) in [7, 11) is 0. The third kappa shape index (κ3) is 3.46. The van der Waals surface area contributed by atoms with Gasteiger partial charge in [-0.05, 0) is 42.7 Å². The fraction of sp³-hybridized carbons (Fsp3) is 0.579. The summed E-state index contributed by atoms with van der Waals surface area (Å²) in [5, 5.41) is 2.72. The summed E-state index contributed by atoms with van der Waals surface area (Å²) < 4.78 is 0. The SMILES string of the molecule is CC(C)[C@H](N)C(=O)NCC(=O)N(C1CC1)C1CCc2ccccc21. The molecule has 1 aromatic carbocycles. The minimum Gasteiger partial charge on any atom is -0.346 e. The Morgan fingerprint density at radius 1 is 1.25 bits per heavy atom. The number of carbonyl (C=O) groups excluding carboxylic acids is 2. The van der Waals surface area contributed by atoms with Gasteiger partial charge >= 0.3 is 0 Å². The molecule has 0 aromatic heterocycles. The van der Waals surface area contributed by atoms with Crippen molar-refractivity contribution in [2.45, 2.75) is 57.7 Å². The van der Waals surface area contributed by atoms with Gasteiger partial charge < -0.3 is 16.0 Å². The zero-order chi connectivity index (χ0) is 17.3. The summed E-state index contributed by atoms with van der Waals surface area (Å²) in [6, 6.07) is 8.27. The van der Waals surface area contributed by atoms with Crippen LogP contribution in [-0.2, 0) is 16.0 Å². The predicted molar refractivity (Wildman–Crippen MR) is 93.2 cm³/mol. The number of amides is 2. The Bertz CT molecular complexity index is 625. The van der Waals surface area contributed by atoms with Gasteiger partial charge in [-0.3, -0.25) is 9.59 Å². The van der Waals surface area contributed by atoms with Gasteiger partial charge in [0, 0.05) is 6.04 Å². The van der Waals surface area contributed by atoms with E-state index in [4.69, 9.17) is 5.73 Å². The number of carbonyl (C=O) groups is 2. The van der Waals surface area contributed by atoms with Crippen LogP contribution < -0.4 is 11.1 Å². The normalized spacial score (nSPS) is 20.6. The molecule has 5 nitrogen and oxygen atoms in total. The van der Waals surface area contributed by atoms with E-state index in [2.05, 4.69) is 23.5 Å². The molecular weight excluding hydrogens is 302 g/mol. The van der Waals surface area contributed by atoms with Crippen molar-refractivity contribution in [3.05, 3.63) is 35.4 Å². The third-order valence-corrected chi connectivity index (χ3v) is 5.10. The molecule has 1 unspecified atom stereocenters. The van der Waals surface area contributed by atoms with Crippen molar-refractivity contribution in [2.24, 2.45) is 11.7 Å². The molecule has 3 rings (SSSR count). The molecule has 0 heterocycles. The first-order chi connectivity index (χ1) is 11.5. The molecule has 0 aliphatic heterocycles. The second-order valence-electron chi connectivity index (χ2n) is 7.27. The zero-order valence-electron chi connectivity index (χ0n) is 14.5. The summed E-state index contributed by atoms with van der Waals surface area (Å²) in [6.45, 7) is 3.84. The van der Waals surface area contributed by atoms with E-state index in [-0.39, 0.29) is 30.3 Å². The largest absolute Gasteiger partial charge is 0.346 e. The molecule has 0 saturated heterocycles. The average molecular weight is 329 g/mol. The molecule has 2 aliphatic rings. The van der Waals surface area contributed by atoms with Crippen LogP contribution in [0, 0.1) is 5.92 Å². The quantitative estimate of drug-likeness (QED) is 0.835. The second-order valence-corrected chi connectivity index (χ2v) is 7.27. The Balaban J connectivity index is 1.67. The first kappa shape index (κ1) is 17.0. The lowest BCUT2D eigenvalue weighted by atomic mass is 10.0. The van der Waals surface area contributed by atoms with Crippen LogP contribution in [0.4, 0.5) is 0 Å². The lowest BCUT2D eigenvalue weighted by Gasteiger charge is -2.30. The van der Waals surface area contributed by atoms with Crippen molar-refractivity contribution < 1.29 is 9.59 Å². The summed E-state index contributed by atoms with van der Waals surface area (Å²) >= 11 is 0. The predicted octanol–water partition coefficient (Wildman–Crippen LogP) is 1.76. The van der Waals surface area contributed by atoms with Gasteiger partial charge in [0.25, 0.3) is 0 Å². The van der Waals surface area contributed by atoms with Gasteiger partial charge in [0.15, 0.2) is 0 Å². The van der Waals surface area contributed by atoms with Gasteiger partial charge in [0.05, 0.1) is 18.6 Å². The van der Waals surface area contributed by atoms with Gasteiger partial charge in [-0.25, -0.2) is 0 Å². The Hall–Kier alpha value is -1.88. The van der Waals surface area contributed by atoms with Crippen LogP contribution in [0.15, 0.2) is 24.3 Å². The van der Waals surface area contributed by atoms with E-state index in [0.717, 1.165) is 25.7 Å². The zero-order valence-corrected chi connectivity index (χ0v) is 14.5. The summed E-state index contributed by atoms with van der Waals surface area (Å²) in [5.41, 5.74) is 8.45.